The third kappa shape index (κ3) is 32.5. The smallest absolute Gasteiger partial charge is 0.129 e. The SMILES string of the molecule is CC(C)=O.CCC(C)=O.c1ccccc1. The lowest BCUT2D eigenvalue weighted by Crippen LogP contribution is -1.80. The van der Waals surface area contributed by atoms with E-state index in [1.165, 1.54) is 13.8 Å². The maximum Gasteiger partial charge on any atom is 0.129 e. The summed E-state index contributed by atoms with van der Waals surface area (Å²) in [6.45, 7) is 6.49. The van der Waals surface area contributed by atoms with E-state index in [4.69, 9.17) is 0 Å². The van der Waals surface area contributed by atoms with Crippen molar-refractivity contribution >= 4 is 11.6 Å². The van der Waals surface area contributed by atoms with Crippen LogP contribution in [0.15, 0.2) is 36.4 Å². The quantitative estimate of drug-likeness (QED) is 0.709. The van der Waals surface area contributed by atoms with E-state index in [2.05, 4.69) is 0 Å². The molecule has 0 spiro atoms. The van der Waals surface area contributed by atoms with Gasteiger partial charge in [0.25, 0.3) is 0 Å². The Morgan fingerprint density at radius 3 is 1.00 bits per heavy atom. The second-order valence-corrected chi connectivity index (χ2v) is 3.12. The standard InChI is InChI=1S/C6H6.C4H8O.C3H6O/c1-2-4-6-5-3-1;1-3-4(2)5;1-3(2)4/h1-6H;3H2,1-2H3;1-2H3. The molecule has 1 aromatic carbocycles. The fourth-order valence-corrected chi connectivity index (χ4v) is 0.385. The molecule has 0 aliphatic heterocycles. The molecular weight excluding hydrogens is 188 g/mol. The van der Waals surface area contributed by atoms with Gasteiger partial charge in [0.1, 0.15) is 11.6 Å². The highest BCUT2D eigenvalue weighted by molar-refractivity contribution is 5.74. The number of carbonyl (C=O) groups excluding carboxylic acids is 2. The Morgan fingerprint density at radius 1 is 0.800 bits per heavy atom. The first-order chi connectivity index (χ1) is 7.00. The number of hydrogen-bond acceptors (Lipinski definition) is 2. The van der Waals surface area contributed by atoms with Crippen LogP contribution in [0, 0.1) is 0 Å². The van der Waals surface area contributed by atoms with Gasteiger partial charge in [0, 0.05) is 6.42 Å². The molecule has 0 amide bonds. The van der Waals surface area contributed by atoms with Crippen LogP contribution in [0.5, 0.6) is 0 Å². The molecule has 15 heavy (non-hydrogen) atoms. The maximum atomic E-state index is 9.81. The summed E-state index contributed by atoms with van der Waals surface area (Å²) in [5.74, 6) is 0.421. The molecule has 84 valence electrons. The normalized spacial score (nSPS) is 7.47. The van der Waals surface area contributed by atoms with Gasteiger partial charge in [0.2, 0.25) is 0 Å². The number of benzene rings is 1. The van der Waals surface area contributed by atoms with Gasteiger partial charge in [-0.3, -0.25) is 0 Å². The van der Waals surface area contributed by atoms with E-state index >= 15 is 0 Å². The molecule has 0 N–H and O–H groups in total. The van der Waals surface area contributed by atoms with Crippen molar-refractivity contribution < 1.29 is 9.59 Å². The van der Waals surface area contributed by atoms with Gasteiger partial charge in [-0.25, -0.2) is 0 Å². The van der Waals surface area contributed by atoms with Gasteiger partial charge in [-0.2, -0.15) is 0 Å². The minimum Gasteiger partial charge on any atom is -0.300 e. The predicted octanol–water partition coefficient (Wildman–Crippen LogP) is 3.27. The van der Waals surface area contributed by atoms with Crippen LogP contribution >= 0.6 is 0 Å². The first kappa shape index (κ1) is 16.0. The Labute approximate surface area is 92.3 Å². The summed E-state index contributed by atoms with van der Waals surface area (Å²) in [6.07, 6.45) is 0.667. The molecule has 0 aliphatic rings. The van der Waals surface area contributed by atoms with Crippen LogP contribution in [0.2, 0.25) is 0 Å². The molecule has 1 aromatic rings. The molecule has 0 unspecified atom stereocenters. The number of ketones is 2. The van der Waals surface area contributed by atoms with Crippen molar-refractivity contribution in [2.24, 2.45) is 0 Å². The average Bonchev–Trinajstić information content (AvgIpc) is 2.20. The van der Waals surface area contributed by atoms with Crippen molar-refractivity contribution in [3.63, 3.8) is 0 Å². The van der Waals surface area contributed by atoms with E-state index in [0.29, 0.717) is 6.42 Å². The van der Waals surface area contributed by atoms with Gasteiger partial charge >= 0.3 is 0 Å². The lowest BCUT2D eigenvalue weighted by molar-refractivity contribution is -0.117. The second-order valence-electron chi connectivity index (χ2n) is 3.12. The molecular formula is C13H20O2. The highest BCUT2D eigenvalue weighted by Crippen LogP contribution is 1.79. The van der Waals surface area contributed by atoms with E-state index in [0.717, 1.165) is 0 Å². The van der Waals surface area contributed by atoms with Gasteiger partial charge in [-0.1, -0.05) is 43.3 Å². The lowest BCUT2D eigenvalue weighted by atomic mass is 10.4. The summed E-state index contributed by atoms with van der Waals surface area (Å²) >= 11 is 0. The van der Waals surface area contributed by atoms with Crippen LogP contribution in [-0.4, -0.2) is 11.6 Å². The van der Waals surface area contributed by atoms with Crippen LogP contribution in [-0.2, 0) is 9.59 Å². The predicted molar refractivity (Wildman–Crippen MR) is 63.8 cm³/mol. The summed E-state index contributed by atoms with van der Waals surface area (Å²) in [5.41, 5.74) is 0. The zero-order chi connectivity index (χ0) is 12.1. The topological polar surface area (TPSA) is 34.1 Å². The fourth-order valence-electron chi connectivity index (χ4n) is 0.385. The molecule has 0 fully saturated rings. The molecule has 0 aliphatic carbocycles. The van der Waals surface area contributed by atoms with E-state index < -0.39 is 0 Å². The van der Waals surface area contributed by atoms with Gasteiger partial charge in [0.05, 0.1) is 0 Å². The Bertz CT molecular complexity index is 222. The third-order valence-electron chi connectivity index (χ3n) is 1.16. The molecule has 0 aromatic heterocycles. The van der Waals surface area contributed by atoms with E-state index in [1.807, 2.05) is 43.3 Å². The second kappa shape index (κ2) is 12.6. The van der Waals surface area contributed by atoms with Crippen molar-refractivity contribution in [3.05, 3.63) is 36.4 Å². The van der Waals surface area contributed by atoms with Crippen molar-refractivity contribution in [1.29, 1.82) is 0 Å². The van der Waals surface area contributed by atoms with Gasteiger partial charge in [0.15, 0.2) is 0 Å². The zero-order valence-corrected chi connectivity index (χ0v) is 9.99. The Morgan fingerprint density at radius 2 is 0.933 bits per heavy atom. The van der Waals surface area contributed by atoms with Crippen LogP contribution in [0.4, 0.5) is 0 Å². The van der Waals surface area contributed by atoms with Crippen LogP contribution in [0.3, 0.4) is 0 Å². The Kier molecular flexibility index (Phi) is 13.4. The molecule has 1 rings (SSSR count). The van der Waals surface area contributed by atoms with Crippen molar-refractivity contribution in [2.45, 2.75) is 34.1 Å². The maximum absolute atomic E-state index is 9.81. The Hall–Kier alpha value is -1.44. The molecule has 0 bridgehead atoms. The molecule has 0 radical (unpaired) electrons. The average molecular weight is 208 g/mol. The summed E-state index contributed by atoms with van der Waals surface area (Å²) in [7, 11) is 0. The fraction of sp³-hybridized carbons (Fsp3) is 0.385. The number of carbonyl (C=O) groups is 2. The molecule has 0 saturated carbocycles. The minimum absolute atomic E-state index is 0.167. The summed E-state index contributed by atoms with van der Waals surface area (Å²) in [4.78, 5) is 19.3. The number of rotatable bonds is 1. The molecule has 0 saturated heterocycles. The number of hydrogen-bond donors (Lipinski definition) is 0. The summed E-state index contributed by atoms with van der Waals surface area (Å²) in [5, 5.41) is 0. The van der Waals surface area contributed by atoms with Gasteiger partial charge < -0.3 is 9.59 Å². The molecule has 2 heteroatoms. The Balaban J connectivity index is 0. The van der Waals surface area contributed by atoms with Crippen molar-refractivity contribution in [2.75, 3.05) is 0 Å². The summed E-state index contributed by atoms with van der Waals surface area (Å²) in [6, 6.07) is 12.0. The summed E-state index contributed by atoms with van der Waals surface area (Å²) < 4.78 is 0. The van der Waals surface area contributed by atoms with E-state index in [-0.39, 0.29) is 11.6 Å². The first-order valence-electron chi connectivity index (χ1n) is 4.97. The lowest BCUT2D eigenvalue weighted by Gasteiger charge is -1.71. The number of Topliss-reactive ketones (excluding diaryl/α,β-unsaturated/α-hetero) is 2. The largest absolute Gasteiger partial charge is 0.300 e. The van der Waals surface area contributed by atoms with Crippen molar-refractivity contribution in [1.82, 2.24) is 0 Å². The van der Waals surface area contributed by atoms with E-state index in [9.17, 15) is 9.59 Å². The monoisotopic (exact) mass is 208 g/mol. The van der Waals surface area contributed by atoms with Gasteiger partial charge in [-0.15, -0.1) is 0 Å². The van der Waals surface area contributed by atoms with Crippen molar-refractivity contribution in [3.8, 4) is 0 Å². The van der Waals surface area contributed by atoms with Crippen LogP contribution in [0.1, 0.15) is 34.1 Å². The zero-order valence-electron chi connectivity index (χ0n) is 9.99. The molecule has 0 heterocycles. The van der Waals surface area contributed by atoms with E-state index in [1.54, 1.807) is 6.92 Å². The van der Waals surface area contributed by atoms with Crippen LogP contribution < -0.4 is 0 Å². The molecule has 2 nitrogen and oxygen atoms in total. The first-order valence-corrected chi connectivity index (χ1v) is 4.97. The highest BCUT2D eigenvalue weighted by Gasteiger charge is 1.76. The highest BCUT2D eigenvalue weighted by atomic mass is 16.1. The minimum atomic E-state index is 0.167. The third-order valence-corrected chi connectivity index (χ3v) is 1.16. The van der Waals surface area contributed by atoms with Gasteiger partial charge in [-0.05, 0) is 20.8 Å². The van der Waals surface area contributed by atoms with Crippen LogP contribution in [0.25, 0.3) is 0 Å². The molecule has 0 atom stereocenters.